The minimum Gasteiger partial charge on any atom is -0.357 e. The molecule has 0 fully saturated rings. The largest absolute Gasteiger partial charge is 0.357 e. The molecule has 108 valence electrons. The van der Waals surface area contributed by atoms with Gasteiger partial charge in [-0.1, -0.05) is 29.8 Å². The molecule has 0 saturated heterocycles. The standard InChI is InChI=1S/C15H18N6/c1-10-4-6-11(7-5-10)9-21(3)14-12-8-17-20-13(12)18-15(16-2)19-14/h4-8H,9H2,1-3H3,(H2,16,17,18,19,20). The van der Waals surface area contributed by atoms with E-state index in [-0.39, 0.29) is 0 Å². The van der Waals surface area contributed by atoms with Gasteiger partial charge >= 0.3 is 0 Å². The van der Waals surface area contributed by atoms with Crippen LogP contribution in [0.2, 0.25) is 0 Å². The zero-order chi connectivity index (χ0) is 14.8. The van der Waals surface area contributed by atoms with Crippen LogP contribution in [0.5, 0.6) is 0 Å². The minimum atomic E-state index is 0.581. The topological polar surface area (TPSA) is 69.7 Å². The molecule has 2 aromatic heterocycles. The molecule has 0 aliphatic rings. The fourth-order valence-corrected chi connectivity index (χ4v) is 2.26. The Hall–Kier alpha value is -2.63. The van der Waals surface area contributed by atoms with Gasteiger partial charge in [-0.3, -0.25) is 5.10 Å². The molecule has 6 nitrogen and oxygen atoms in total. The molecule has 2 N–H and O–H groups in total. The van der Waals surface area contributed by atoms with Crippen molar-refractivity contribution in [2.45, 2.75) is 13.5 Å². The van der Waals surface area contributed by atoms with Gasteiger partial charge in [0.15, 0.2) is 5.65 Å². The molecule has 0 bridgehead atoms. The SMILES string of the molecule is CNc1nc(N(C)Cc2ccc(C)cc2)c2cn[nH]c2n1. The molecule has 0 saturated carbocycles. The summed E-state index contributed by atoms with van der Waals surface area (Å²) in [6.45, 7) is 2.87. The van der Waals surface area contributed by atoms with E-state index in [4.69, 9.17) is 0 Å². The van der Waals surface area contributed by atoms with Gasteiger partial charge in [0.2, 0.25) is 5.95 Å². The summed E-state index contributed by atoms with van der Waals surface area (Å²) in [5, 5.41) is 10.8. The summed E-state index contributed by atoms with van der Waals surface area (Å²) in [6, 6.07) is 8.52. The van der Waals surface area contributed by atoms with Crippen LogP contribution in [-0.2, 0) is 6.54 Å². The number of hydrogen-bond donors (Lipinski definition) is 2. The zero-order valence-corrected chi connectivity index (χ0v) is 12.4. The monoisotopic (exact) mass is 282 g/mol. The third-order valence-corrected chi connectivity index (χ3v) is 3.42. The minimum absolute atomic E-state index is 0.581. The first kappa shape index (κ1) is 13.4. The first-order valence-corrected chi connectivity index (χ1v) is 6.83. The molecule has 0 aliphatic heterocycles. The van der Waals surface area contributed by atoms with Crippen LogP contribution in [0.15, 0.2) is 30.5 Å². The highest BCUT2D eigenvalue weighted by Crippen LogP contribution is 2.24. The molecular weight excluding hydrogens is 264 g/mol. The molecule has 3 aromatic rings. The zero-order valence-electron chi connectivity index (χ0n) is 12.4. The summed E-state index contributed by atoms with van der Waals surface area (Å²) in [5.41, 5.74) is 3.24. The number of aromatic amines is 1. The van der Waals surface area contributed by atoms with E-state index < -0.39 is 0 Å². The van der Waals surface area contributed by atoms with E-state index in [1.165, 1.54) is 11.1 Å². The second-order valence-electron chi connectivity index (χ2n) is 5.09. The second kappa shape index (κ2) is 5.40. The lowest BCUT2D eigenvalue weighted by atomic mass is 10.1. The highest BCUT2D eigenvalue weighted by atomic mass is 15.2. The lowest BCUT2D eigenvalue weighted by Gasteiger charge is -2.19. The van der Waals surface area contributed by atoms with Gasteiger partial charge < -0.3 is 10.2 Å². The number of hydrogen-bond acceptors (Lipinski definition) is 5. The number of H-pyrrole nitrogens is 1. The van der Waals surface area contributed by atoms with Gasteiger partial charge in [0.1, 0.15) is 5.82 Å². The first-order valence-electron chi connectivity index (χ1n) is 6.83. The van der Waals surface area contributed by atoms with Gasteiger partial charge in [-0.15, -0.1) is 0 Å². The van der Waals surface area contributed by atoms with Crippen molar-refractivity contribution < 1.29 is 0 Å². The third-order valence-electron chi connectivity index (χ3n) is 3.42. The lowest BCUT2D eigenvalue weighted by Crippen LogP contribution is -2.18. The van der Waals surface area contributed by atoms with E-state index in [9.17, 15) is 0 Å². The lowest BCUT2D eigenvalue weighted by molar-refractivity contribution is 0.900. The van der Waals surface area contributed by atoms with Crippen LogP contribution < -0.4 is 10.2 Å². The third kappa shape index (κ3) is 2.65. The molecule has 0 atom stereocenters. The van der Waals surface area contributed by atoms with Gasteiger partial charge in [-0.25, -0.2) is 0 Å². The Morgan fingerprint density at radius 3 is 2.67 bits per heavy atom. The van der Waals surface area contributed by atoms with Gasteiger partial charge in [-0.05, 0) is 12.5 Å². The first-order chi connectivity index (χ1) is 10.2. The smallest absolute Gasteiger partial charge is 0.226 e. The molecule has 0 unspecified atom stereocenters. The van der Waals surface area contributed by atoms with E-state index in [1.54, 1.807) is 13.2 Å². The maximum atomic E-state index is 4.55. The van der Waals surface area contributed by atoms with E-state index in [1.807, 2.05) is 7.05 Å². The Kier molecular flexibility index (Phi) is 3.43. The van der Waals surface area contributed by atoms with Crippen molar-refractivity contribution in [3.8, 4) is 0 Å². The summed E-state index contributed by atoms with van der Waals surface area (Å²) in [5.74, 6) is 1.44. The number of nitrogens with zero attached hydrogens (tertiary/aromatic N) is 4. The highest BCUT2D eigenvalue weighted by molar-refractivity contribution is 5.87. The molecule has 21 heavy (non-hydrogen) atoms. The molecule has 0 aliphatic carbocycles. The molecule has 2 heterocycles. The Morgan fingerprint density at radius 1 is 1.19 bits per heavy atom. The van der Waals surface area contributed by atoms with E-state index in [2.05, 4.69) is 61.6 Å². The summed E-state index contributed by atoms with van der Waals surface area (Å²) >= 11 is 0. The Morgan fingerprint density at radius 2 is 1.95 bits per heavy atom. The van der Waals surface area contributed by atoms with Crippen LogP contribution in [0.1, 0.15) is 11.1 Å². The fourth-order valence-electron chi connectivity index (χ4n) is 2.26. The van der Waals surface area contributed by atoms with Gasteiger partial charge in [0, 0.05) is 20.6 Å². The van der Waals surface area contributed by atoms with Crippen LogP contribution in [0.4, 0.5) is 11.8 Å². The molecule has 1 aromatic carbocycles. The number of nitrogens with one attached hydrogen (secondary N) is 2. The van der Waals surface area contributed by atoms with Gasteiger partial charge in [0.05, 0.1) is 11.6 Å². The van der Waals surface area contributed by atoms with Crippen molar-refractivity contribution in [2.24, 2.45) is 0 Å². The van der Waals surface area contributed by atoms with Crippen molar-refractivity contribution in [1.82, 2.24) is 20.2 Å². The average molecular weight is 282 g/mol. The number of rotatable bonds is 4. The van der Waals surface area contributed by atoms with Crippen LogP contribution in [-0.4, -0.2) is 34.3 Å². The summed E-state index contributed by atoms with van der Waals surface area (Å²) in [4.78, 5) is 11.0. The summed E-state index contributed by atoms with van der Waals surface area (Å²) in [7, 11) is 3.83. The predicted octanol–water partition coefficient (Wildman–Crippen LogP) is 2.34. The number of fused-ring (bicyclic) bond motifs is 1. The molecule has 0 spiro atoms. The average Bonchev–Trinajstić information content (AvgIpc) is 2.96. The second-order valence-corrected chi connectivity index (χ2v) is 5.09. The highest BCUT2D eigenvalue weighted by Gasteiger charge is 2.13. The Bertz CT molecular complexity index is 746. The Labute approximate surface area is 123 Å². The van der Waals surface area contributed by atoms with Crippen LogP contribution in [0.3, 0.4) is 0 Å². The molecule has 3 rings (SSSR count). The quantitative estimate of drug-likeness (QED) is 0.768. The maximum Gasteiger partial charge on any atom is 0.226 e. The summed E-state index contributed by atoms with van der Waals surface area (Å²) < 4.78 is 0. The van der Waals surface area contributed by atoms with E-state index in [0.717, 1.165) is 23.4 Å². The number of aromatic nitrogens is 4. The van der Waals surface area contributed by atoms with Gasteiger partial charge in [-0.2, -0.15) is 15.1 Å². The molecular formula is C15H18N6. The normalized spacial score (nSPS) is 10.8. The maximum absolute atomic E-state index is 4.55. The van der Waals surface area contributed by atoms with Crippen molar-refractivity contribution in [1.29, 1.82) is 0 Å². The van der Waals surface area contributed by atoms with Gasteiger partial charge in [0.25, 0.3) is 0 Å². The fraction of sp³-hybridized carbons (Fsp3) is 0.267. The van der Waals surface area contributed by atoms with Crippen molar-refractivity contribution >= 4 is 22.8 Å². The van der Waals surface area contributed by atoms with Crippen molar-refractivity contribution in [3.05, 3.63) is 41.6 Å². The predicted molar refractivity (Wildman–Crippen MR) is 84.5 cm³/mol. The summed E-state index contributed by atoms with van der Waals surface area (Å²) in [6.07, 6.45) is 1.76. The Balaban J connectivity index is 1.94. The van der Waals surface area contributed by atoms with Crippen LogP contribution >= 0.6 is 0 Å². The van der Waals surface area contributed by atoms with E-state index in [0.29, 0.717) is 5.95 Å². The molecule has 0 radical (unpaired) electrons. The number of anilines is 2. The molecule has 6 heteroatoms. The number of aryl methyl sites for hydroxylation is 1. The number of benzene rings is 1. The molecule has 0 amide bonds. The van der Waals surface area contributed by atoms with Crippen molar-refractivity contribution in [3.63, 3.8) is 0 Å². The van der Waals surface area contributed by atoms with Crippen LogP contribution in [0, 0.1) is 6.92 Å². The van der Waals surface area contributed by atoms with E-state index >= 15 is 0 Å². The van der Waals surface area contributed by atoms with Crippen molar-refractivity contribution in [2.75, 3.05) is 24.3 Å². The van der Waals surface area contributed by atoms with Crippen LogP contribution in [0.25, 0.3) is 11.0 Å².